The van der Waals surface area contributed by atoms with Crippen molar-refractivity contribution in [2.45, 2.75) is 45.1 Å². The van der Waals surface area contributed by atoms with Gasteiger partial charge in [0.25, 0.3) is 0 Å². The lowest BCUT2D eigenvalue weighted by Gasteiger charge is -2.33. The Kier molecular flexibility index (Phi) is 4.76. The average molecular weight is 249 g/mol. The topological polar surface area (TPSA) is 12.0 Å². The van der Waals surface area contributed by atoms with E-state index in [1.165, 1.54) is 31.2 Å². The molecule has 1 N–H and O–H groups in total. The first kappa shape index (κ1) is 13.5. The van der Waals surface area contributed by atoms with E-state index in [4.69, 9.17) is 0 Å². The van der Waals surface area contributed by atoms with Crippen molar-refractivity contribution >= 4 is 0 Å². The molecule has 0 heterocycles. The second-order valence-corrected chi connectivity index (χ2v) is 5.76. The molecule has 1 aliphatic rings. The van der Waals surface area contributed by atoms with E-state index in [1.54, 1.807) is 12.1 Å². The highest BCUT2D eigenvalue weighted by Crippen LogP contribution is 2.31. The molecule has 2 rings (SSSR count). The van der Waals surface area contributed by atoms with Gasteiger partial charge in [0, 0.05) is 6.04 Å². The van der Waals surface area contributed by atoms with Gasteiger partial charge in [0.15, 0.2) is 0 Å². The first-order chi connectivity index (χ1) is 8.69. The molecule has 1 aromatic rings. The van der Waals surface area contributed by atoms with Gasteiger partial charge < -0.3 is 5.32 Å². The highest BCUT2D eigenvalue weighted by Gasteiger charge is 2.25. The van der Waals surface area contributed by atoms with E-state index in [1.807, 2.05) is 19.2 Å². The normalized spacial score (nSPS) is 25.9. The number of hydrogen-bond donors (Lipinski definition) is 1. The van der Waals surface area contributed by atoms with Crippen molar-refractivity contribution in [3.8, 4) is 0 Å². The van der Waals surface area contributed by atoms with Crippen LogP contribution in [-0.2, 0) is 6.42 Å². The zero-order valence-electron chi connectivity index (χ0n) is 11.5. The lowest BCUT2D eigenvalue weighted by atomic mass is 9.77. The van der Waals surface area contributed by atoms with Gasteiger partial charge in [0.05, 0.1) is 0 Å². The minimum absolute atomic E-state index is 0.147. The van der Waals surface area contributed by atoms with Gasteiger partial charge in [-0.25, -0.2) is 4.39 Å². The zero-order chi connectivity index (χ0) is 13.0. The Labute approximate surface area is 110 Å². The van der Waals surface area contributed by atoms with Crippen LogP contribution in [0.15, 0.2) is 24.3 Å². The Bertz CT molecular complexity index is 360. The third kappa shape index (κ3) is 3.55. The van der Waals surface area contributed by atoms with Crippen molar-refractivity contribution in [3.05, 3.63) is 35.6 Å². The number of nitrogens with one attached hydrogen (secondary N) is 1. The van der Waals surface area contributed by atoms with E-state index in [0.29, 0.717) is 6.04 Å². The predicted molar refractivity (Wildman–Crippen MR) is 74.1 cm³/mol. The van der Waals surface area contributed by atoms with Crippen LogP contribution in [0.2, 0.25) is 0 Å². The van der Waals surface area contributed by atoms with Crippen molar-refractivity contribution in [3.63, 3.8) is 0 Å². The SMILES string of the molecule is CNC(Cc1ccc(F)cc1)C1CCCC(C)C1. The monoisotopic (exact) mass is 249 g/mol. The highest BCUT2D eigenvalue weighted by atomic mass is 19.1. The first-order valence-corrected chi connectivity index (χ1v) is 7.10. The Balaban J connectivity index is 1.98. The molecular weight excluding hydrogens is 225 g/mol. The van der Waals surface area contributed by atoms with Crippen LogP contribution in [0.5, 0.6) is 0 Å². The summed E-state index contributed by atoms with van der Waals surface area (Å²) in [5.41, 5.74) is 1.23. The summed E-state index contributed by atoms with van der Waals surface area (Å²) in [6.07, 6.45) is 6.40. The fourth-order valence-electron chi connectivity index (χ4n) is 3.23. The fraction of sp³-hybridized carbons (Fsp3) is 0.625. The van der Waals surface area contributed by atoms with Crippen LogP contribution in [0, 0.1) is 17.7 Å². The Morgan fingerprint density at radius 1 is 1.28 bits per heavy atom. The summed E-state index contributed by atoms with van der Waals surface area (Å²) in [6, 6.07) is 7.47. The summed E-state index contributed by atoms with van der Waals surface area (Å²) >= 11 is 0. The molecule has 18 heavy (non-hydrogen) atoms. The third-order valence-electron chi connectivity index (χ3n) is 4.29. The van der Waals surface area contributed by atoms with Crippen LogP contribution >= 0.6 is 0 Å². The second kappa shape index (κ2) is 6.33. The molecule has 1 nitrogen and oxygen atoms in total. The Morgan fingerprint density at radius 3 is 2.61 bits per heavy atom. The molecule has 1 fully saturated rings. The minimum Gasteiger partial charge on any atom is -0.316 e. The Morgan fingerprint density at radius 2 is 2.00 bits per heavy atom. The molecular formula is C16H24FN. The maximum absolute atomic E-state index is 12.9. The molecule has 3 atom stereocenters. The molecule has 0 bridgehead atoms. The van der Waals surface area contributed by atoms with Crippen LogP contribution in [-0.4, -0.2) is 13.1 Å². The van der Waals surface area contributed by atoms with E-state index in [0.717, 1.165) is 18.3 Å². The quantitative estimate of drug-likeness (QED) is 0.856. The summed E-state index contributed by atoms with van der Waals surface area (Å²) < 4.78 is 12.9. The molecule has 0 aliphatic heterocycles. The van der Waals surface area contributed by atoms with E-state index >= 15 is 0 Å². The smallest absolute Gasteiger partial charge is 0.123 e. The van der Waals surface area contributed by atoms with Crippen molar-refractivity contribution in [1.82, 2.24) is 5.32 Å². The molecule has 1 aromatic carbocycles. The lowest BCUT2D eigenvalue weighted by molar-refractivity contribution is 0.227. The predicted octanol–water partition coefficient (Wildman–Crippen LogP) is 3.78. The molecule has 1 aliphatic carbocycles. The summed E-state index contributed by atoms with van der Waals surface area (Å²) in [6.45, 7) is 2.36. The first-order valence-electron chi connectivity index (χ1n) is 7.10. The van der Waals surface area contributed by atoms with Crippen molar-refractivity contribution in [2.75, 3.05) is 7.05 Å². The molecule has 0 radical (unpaired) electrons. The summed E-state index contributed by atoms with van der Waals surface area (Å²) in [4.78, 5) is 0. The summed E-state index contributed by atoms with van der Waals surface area (Å²) in [7, 11) is 2.05. The van der Waals surface area contributed by atoms with Gasteiger partial charge in [-0.2, -0.15) is 0 Å². The standard InChI is InChI=1S/C16H24FN/c1-12-4-3-5-14(10-12)16(18-2)11-13-6-8-15(17)9-7-13/h6-9,12,14,16,18H,3-5,10-11H2,1-2H3. The van der Waals surface area contributed by atoms with Crippen LogP contribution in [0.4, 0.5) is 4.39 Å². The maximum atomic E-state index is 12.9. The van der Waals surface area contributed by atoms with Crippen molar-refractivity contribution in [1.29, 1.82) is 0 Å². The molecule has 3 unspecified atom stereocenters. The van der Waals surface area contributed by atoms with Crippen LogP contribution in [0.1, 0.15) is 38.2 Å². The van der Waals surface area contributed by atoms with Gasteiger partial charge in [0.2, 0.25) is 0 Å². The zero-order valence-corrected chi connectivity index (χ0v) is 11.5. The Hall–Kier alpha value is -0.890. The van der Waals surface area contributed by atoms with Crippen molar-refractivity contribution in [2.24, 2.45) is 11.8 Å². The summed E-state index contributed by atoms with van der Waals surface area (Å²) in [5.74, 6) is 1.47. The van der Waals surface area contributed by atoms with E-state index in [-0.39, 0.29) is 5.82 Å². The molecule has 0 spiro atoms. The van der Waals surface area contributed by atoms with E-state index < -0.39 is 0 Å². The number of rotatable bonds is 4. The van der Waals surface area contributed by atoms with Gasteiger partial charge in [-0.1, -0.05) is 31.9 Å². The molecule has 0 saturated heterocycles. The van der Waals surface area contributed by atoms with Gasteiger partial charge in [-0.3, -0.25) is 0 Å². The van der Waals surface area contributed by atoms with Gasteiger partial charge >= 0.3 is 0 Å². The largest absolute Gasteiger partial charge is 0.316 e. The number of likely N-dealkylation sites (N-methyl/N-ethyl adjacent to an activating group) is 1. The molecule has 2 heteroatoms. The van der Waals surface area contributed by atoms with Crippen LogP contribution in [0.25, 0.3) is 0 Å². The number of hydrogen-bond acceptors (Lipinski definition) is 1. The minimum atomic E-state index is -0.147. The third-order valence-corrected chi connectivity index (χ3v) is 4.29. The highest BCUT2D eigenvalue weighted by molar-refractivity contribution is 5.17. The number of benzene rings is 1. The number of halogens is 1. The average Bonchev–Trinajstić information content (AvgIpc) is 2.38. The van der Waals surface area contributed by atoms with Crippen LogP contribution < -0.4 is 5.32 Å². The van der Waals surface area contributed by atoms with Gasteiger partial charge in [-0.15, -0.1) is 0 Å². The summed E-state index contributed by atoms with van der Waals surface area (Å²) in [5, 5.41) is 3.46. The van der Waals surface area contributed by atoms with E-state index in [2.05, 4.69) is 12.2 Å². The molecule has 0 amide bonds. The maximum Gasteiger partial charge on any atom is 0.123 e. The van der Waals surface area contributed by atoms with Crippen LogP contribution in [0.3, 0.4) is 0 Å². The lowest BCUT2D eigenvalue weighted by Crippen LogP contribution is -2.37. The second-order valence-electron chi connectivity index (χ2n) is 5.76. The van der Waals surface area contributed by atoms with Gasteiger partial charge in [0.1, 0.15) is 5.82 Å². The fourth-order valence-corrected chi connectivity index (χ4v) is 3.23. The van der Waals surface area contributed by atoms with Crippen molar-refractivity contribution < 1.29 is 4.39 Å². The molecule has 100 valence electrons. The van der Waals surface area contributed by atoms with E-state index in [9.17, 15) is 4.39 Å². The molecule has 0 aromatic heterocycles. The molecule has 1 saturated carbocycles. The van der Waals surface area contributed by atoms with Gasteiger partial charge in [-0.05, 0) is 55.8 Å².